The number of aromatic hydroxyl groups is 1. The van der Waals surface area contributed by atoms with Gasteiger partial charge >= 0.3 is 5.97 Å². The van der Waals surface area contributed by atoms with Crippen molar-refractivity contribution in [2.24, 2.45) is 0 Å². The molecule has 0 aliphatic carbocycles. The molecule has 0 saturated carbocycles. The molecule has 0 aliphatic heterocycles. The fourth-order valence-corrected chi connectivity index (χ4v) is 1.56. The highest BCUT2D eigenvalue weighted by molar-refractivity contribution is 6.05. The smallest absolute Gasteiger partial charge is 0.335 e. The molecule has 0 unspecified atom stereocenters. The number of anilines is 1. The molecular weight excluding hydrogens is 264 g/mol. The normalized spacial score (nSPS) is 10.0. The quantitative estimate of drug-likeness (QED) is 0.623. The first-order valence-corrected chi connectivity index (χ1v) is 5.54. The van der Waals surface area contributed by atoms with E-state index in [4.69, 9.17) is 5.11 Å². The van der Waals surface area contributed by atoms with Crippen LogP contribution < -0.4 is 10.9 Å². The zero-order chi connectivity index (χ0) is 14.7. The molecule has 1 heterocycles. The zero-order valence-electron chi connectivity index (χ0n) is 10.1. The molecule has 2 aromatic rings. The minimum atomic E-state index is -1.20. The average molecular weight is 274 g/mol. The van der Waals surface area contributed by atoms with Crippen LogP contribution in [0.5, 0.6) is 5.75 Å². The summed E-state index contributed by atoms with van der Waals surface area (Å²) in [5.74, 6) is -2.24. The lowest BCUT2D eigenvalue weighted by Crippen LogP contribution is -2.22. The van der Waals surface area contributed by atoms with Crippen molar-refractivity contribution in [3.05, 3.63) is 58.0 Å². The van der Waals surface area contributed by atoms with Crippen molar-refractivity contribution in [1.29, 1.82) is 0 Å². The standard InChI is InChI=1S/C13H10N2O5/c16-10-4-3-7(13(19)20)6-9(10)15-12(18)8-2-1-5-14-11(8)17/h1-6,16H,(H,14,17)(H,15,18)(H,19,20). The molecule has 0 saturated heterocycles. The summed E-state index contributed by atoms with van der Waals surface area (Å²) < 4.78 is 0. The second kappa shape index (κ2) is 5.27. The van der Waals surface area contributed by atoms with Crippen LogP contribution in [0, 0.1) is 0 Å². The number of phenols is 1. The van der Waals surface area contributed by atoms with Crippen molar-refractivity contribution in [3.8, 4) is 5.75 Å². The Morgan fingerprint density at radius 3 is 2.60 bits per heavy atom. The lowest BCUT2D eigenvalue weighted by molar-refractivity contribution is 0.0696. The molecule has 7 nitrogen and oxygen atoms in total. The number of aromatic carboxylic acids is 1. The van der Waals surface area contributed by atoms with Crippen LogP contribution in [-0.4, -0.2) is 27.1 Å². The van der Waals surface area contributed by atoms with E-state index in [1.807, 2.05) is 0 Å². The molecule has 7 heteroatoms. The van der Waals surface area contributed by atoms with E-state index in [2.05, 4.69) is 10.3 Å². The summed E-state index contributed by atoms with van der Waals surface area (Å²) in [5.41, 5.74) is -0.912. The van der Waals surface area contributed by atoms with E-state index in [0.29, 0.717) is 0 Å². The van der Waals surface area contributed by atoms with Gasteiger partial charge in [-0.25, -0.2) is 4.79 Å². The van der Waals surface area contributed by atoms with Gasteiger partial charge in [-0.3, -0.25) is 9.59 Å². The molecule has 1 amide bonds. The number of aromatic nitrogens is 1. The van der Waals surface area contributed by atoms with E-state index in [1.165, 1.54) is 24.4 Å². The third kappa shape index (κ3) is 2.66. The third-order valence-corrected chi connectivity index (χ3v) is 2.55. The van der Waals surface area contributed by atoms with Gasteiger partial charge in [-0.2, -0.15) is 0 Å². The summed E-state index contributed by atoms with van der Waals surface area (Å²) in [7, 11) is 0. The largest absolute Gasteiger partial charge is 0.506 e. The Balaban J connectivity index is 2.33. The Morgan fingerprint density at radius 1 is 1.20 bits per heavy atom. The van der Waals surface area contributed by atoms with Crippen LogP contribution in [0.4, 0.5) is 5.69 Å². The number of H-pyrrole nitrogens is 1. The Bertz CT molecular complexity index is 736. The maximum atomic E-state index is 11.9. The van der Waals surface area contributed by atoms with Crippen molar-refractivity contribution >= 4 is 17.6 Å². The molecule has 0 bridgehead atoms. The highest BCUT2D eigenvalue weighted by Gasteiger charge is 2.14. The van der Waals surface area contributed by atoms with Crippen molar-refractivity contribution in [2.75, 3.05) is 5.32 Å². The number of amides is 1. The van der Waals surface area contributed by atoms with Gasteiger partial charge in [0.25, 0.3) is 11.5 Å². The minimum Gasteiger partial charge on any atom is -0.506 e. The third-order valence-electron chi connectivity index (χ3n) is 2.55. The fourth-order valence-electron chi connectivity index (χ4n) is 1.56. The maximum absolute atomic E-state index is 11.9. The van der Waals surface area contributed by atoms with Gasteiger partial charge in [0, 0.05) is 6.20 Å². The van der Waals surface area contributed by atoms with E-state index in [1.54, 1.807) is 0 Å². The number of hydrogen-bond acceptors (Lipinski definition) is 4. The van der Waals surface area contributed by atoms with Gasteiger partial charge in [-0.1, -0.05) is 0 Å². The SMILES string of the molecule is O=C(O)c1ccc(O)c(NC(=O)c2ccc[nH]c2=O)c1. The number of aromatic amines is 1. The number of benzene rings is 1. The minimum absolute atomic E-state index is 0.0850. The van der Waals surface area contributed by atoms with E-state index in [9.17, 15) is 19.5 Å². The molecule has 0 fully saturated rings. The van der Waals surface area contributed by atoms with E-state index < -0.39 is 17.4 Å². The average Bonchev–Trinajstić information content (AvgIpc) is 2.41. The van der Waals surface area contributed by atoms with Crippen LogP contribution in [0.15, 0.2) is 41.3 Å². The Labute approximate surface area is 112 Å². The number of nitrogens with one attached hydrogen (secondary N) is 2. The molecule has 1 aromatic carbocycles. The second-order valence-electron chi connectivity index (χ2n) is 3.90. The second-order valence-corrected chi connectivity index (χ2v) is 3.90. The number of carboxylic acids is 1. The van der Waals surface area contributed by atoms with Crippen LogP contribution in [0.3, 0.4) is 0 Å². The highest BCUT2D eigenvalue weighted by Crippen LogP contribution is 2.24. The summed E-state index contributed by atoms with van der Waals surface area (Å²) in [6.07, 6.45) is 1.38. The van der Waals surface area contributed by atoms with Crippen LogP contribution in [0.25, 0.3) is 0 Å². The maximum Gasteiger partial charge on any atom is 0.335 e. The van der Waals surface area contributed by atoms with Gasteiger partial charge in [0.2, 0.25) is 0 Å². The zero-order valence-corrected chi connectivity index (χ0v) is 10.1. The van der Waals surface area contributed by atoms with Gasteiger partial charge in [-0.05, 0) is 30.3 Å². The molecule has 102 valence electrons. The topological polar surface area (TPSA) is 119 Å². The summed E-state index contributed by atoms with van der Waals surface area (Å²) in [6.45, 7) is 0. The van der Waals surface area contributed by atoms with Gasteiger partial charge in [-0.15, -0.1) is 0 Å². The first-order chi connectivity index (χ1) is 9.49. The molecule has 2 rings (SSSR count). The number of phenolic OH excluding ortho intramolecular Hbond substituents is 1. The van der Waals surface area contributed by atoms with E-state index in [-0.39, 0.29) is 22.6 Å². The number of carbonyl (C=O) groups excluding carboxylic acids is 1. The number of hydrogen-bond donors (Lipinski definition) is 4. The first kappa shape index (κ1) is 13.3. The Hall–Kier alpha value is -3.09. The fraction of sp³-hybridized carbons (Fsp3) is 0. The molecule has 0 radical (unpaired) electrons. The van der Waals surface area contributed by atoms with E-state index >= 15 is 0 Å². The monoisotopic (exact) mass is 274 g/mol. The van der Waals surface area contributed by atoms with Crippen LogP contribution in [0.1, 0.15) is 20.7 Å². The number of rotatable bonds is 3. The summed E-state index contributed by atoms with van der Waals surface area (Å²) >= 11 is 0. The van der Waals surface area contributed by atoms with Crippen molar-refractivity contribution in [2.45, 2.75) is 0 Å². The molecule has 0 aliphatic rings. The van der Waals surface area contributed by atoms with Crippen LogP contribution in [-0.2, 0) is 0 Å². The Morgan fingerprint density at radius 2 is 1.95 bits per heavy atom. The molecule has 0 atom stereocenters. The molecular formula is C13H10N2O5. The van der Waals surface area contributed by atoms with Crippen molar-refractivity contribution in [1.82, 2.24) is 4.98 Å². The molecule has 20 heavy (non-hydrogen) atoms. The summed E-state index contributed by atoms with van der Waals surface area (Å²) in [6, 6.07) is 6.24. The number of carboxylic acid groups (broad SMARTS) is 1. The van der Waals surface area contributed by atoms with Crippen molar-refractivity contribution in [3.63, 3.8) is 0 Å². The van der Waals surface area contributed by atoms with Gasteiger partial charge in [0.15, 0.2) is 0 Å². The summed E-state index contributed by atoms with van der Waals surface area (Å²) in [4.78, 5) is 36.5. The van der Waals surface area contributed by atoms with Gasteiger partial charge < -0.3 is 20.5 Å². The lowest BCUT2D eigenvalue weighted by atomic mass is 10.1. The summed E-state index contributed by atoms with van der Waals surface area (Å²) in [5, 5.41) is 20.7. The highest BCUT2D eigenvalue weighted by atomic mass is 16.4. The number of pyridine rings is 1. The Kier molecular flexibility index (Phi) is 3.52. The number of carbonyl (C=O) groups is 2. The first-order valence-electron chi connectivity index (χ1n) is 5.54. The van der Waals surface area contributed by atoms with Crippen molar-refractivity contribution < 1.29 is 19.8 Å². The van der Waals surface area contributed by atoms with Crippen LogP contribution >= 0.6 is 0 Å². The van der Waals surface area contributed by atoms with Gasteiger partial charge in [0.1, 0.15) is 11.3 Å². The van der Waals surface area contributed by atoms with Gasteiger partial charge in [0.05, 0.1) is 11.3 Å². The predicted molar refractivity (Wildman–Crippen MR) is 70.1 cm³/mol. The van der Waals surface area contributed by atoms with E-state index in [0.717, 1.165) is 12.1 Å². The molecule has 4 N–H and O–H groups in total. The van der Waals surface area contributed by atoms with Crippen LogP contribution in [0.2, 0.25) is 0 Å². The predicted octanol–water partition coefficient (Wildman–Crippen LogP) is 1.03. The molecule has 0 spiro atoms. The molecule has 1 aromatic heterocycles. The lowest BCUT2D eigenvalue weighted by Gasteiger charge is -2.07.